The summed E-state index contributed by atoms with van der Waals surface area (Å²) in [6.07, 6.45) is 1.93. The number of hydrogen-bond acceptors (Lipinski definition) is 4. The van der Waals surface area contributed by atoms with Gasteiger partial charge < -0.3 is 25.3 Å². The van der Waals surface area contributed by atoms with Crippen molar-refractivity contribution in [2.75, 3.05) is 39.4 Å². The summed E-state index contributed by atoms with van der Waals surface area (Å²) in [6.45, 7) is 2.56. The van der Waals surface area contributed by atoms with Crippen molar-refractivity contribution in [2.24, 2.45) is 5.73 Å². The number of nitrogens with two attached hydrogens (primary N) is 1. The number of aromatic amines is 1. The first-order chi connectivity index (χ1) is 14.5. The molecule has 3 heterocycles. The second kappa shape index (κ2) is 7.27. The first-order valence-electron chi connectivity index (χ1n) is 10.2. The van der Waals surface area contributed by atoms with E-state index >= 15 is 0 Å². The molecule has 0 atom stereocenters. The zero-order valence-corrected chi connectivity index (χ0v) is 16.6. The topological polar surface area (TPSA) is 91.7 Å². The van der Waals surface area contributed by atoms with Gasteiger partial charge in [-0.1, -0.05) is 18.2 Å². The average molecular weight is 404 g/mol. The number of carbonyl (C=O) groups is 2. The second-order valence-corrected chi connectivity index (χ2v) is 8.09. The third-order valence-corrected chi connectivity index (χ3v) is 6.02. The van der Waals surface area contributed by atoms with Crippen LogP contribution in [0.4, 0.5) is 0 Å². The third-order valence-electron chi connectivity index (χ3n) is 6.02. The van der Waals surface area contributed by atoms with Gasteiger partial charge in [0.25, 0.3) is 5.91 Å². The van der Waals surface area contributed by atoms with Crippen LogP contribution in [0.25, 0.3) is 22.0 Å². The fourth-order valence-electron chi connectivity index (χ4n) is 4.09. The normalized spacial score (nSPS) is 18.3. The lowest BCUT2D eigenvalue weighted by molar-refractivity contribution is -0.155. The highest BCUT2D eigenvalue weighted by molar-refractivity contribution is 5.95. The van der Waals surface area contributed by atoms with Crippen molar-refractivity contribution in [3.05, 3.63) is 60.3 Å². The maximum absolute atomic E-state index is 12.9. The van der Waals surface area contributed by atoms with Crippen LogP contribution in [-0.4, -0.2) is 71.5 Å². The fraction of sp³-hybridized carbons (Fsp3) is 0.304. The number of hydrogen-bond donors (Lipinski definition) is 2. The van der Waals surface area contributed by atoms with Crippen molar-refractivity contribution in [3.63, 3.8) is 0 Å². The van der Waals surface area contributed by atoms with Crippen LogP contribution in [0.15, 0.2) is 54.7 Å². The molecule has 1 aromatic heterocycles. The summed E-state index contributed by atoms with van der Waals surface area (Å²) < 4.78 is 5.09. The Hall–Kier alpha value is -3.16. The summed E-state index contributed by atoms with van der Waals surface area (Å²) >= 11 is 0. The number of ether oxygens (including phenoxy) is 1. The number of rotatable bonds is 3. The van der Waals surface area contributed by atoms with E-state index in [9.17, 15) is 9.59 Å². The fourth-order valence-corrected chi connectivity index (χ4v) is 4.09. The lowest BCUT2D eigenvalue weighted by Gasteiger charge is -2.43. The highest BCUT2D eigenvalue weighted by Crippen LogP contribution is 2.25. The molecule has 0 bridgehead atoms. The van der Waals surface area contributed by atoms with Gasteiger partial charge in [0.05, 0.1) is 13.2 Å². The van der Waals surface area contributed by atoms with Crippen LogP contribution in [-0.2, 0) is 9.53 Å². The molecule has 7 nitrogen and oxygen atoms in total. The van der Waals surface area contributed by atoms with Gasteiger partial charge in [-0.05, 0) is 46.8 Å². The molecule has 2 saturated heterocycles. The van der Waals surface area contributed by atoms with Crippen LogP contribution in [0.2, 0.25) is 0 Å². The van der Waals surface area contributed by atoms with Crippen LogP contribution >= 0.6 is 0 Å². The van der Waals surface area contributed by atoms with Crippen LogP contribution < -0.4 is 5.73 Å². The Bertz CT molecular complexity index is 1090. The van der Waals surface area contributed by atoms with E-state index in [4.69, 9.17) is 10.5 Å². The van der Waals surface area contributed by atoms with Gasteiger partial charge >= 0.3 is 0 Å². The van der Waals surface area contributed by atoms with Crippen molar-refractivity contribution < 1.29 is 14.3 Å². The minimum absolute atomic E-state index is 0.0100. The number of carbonyl (C=O) groups excluding carboxylic acids is 2. The first-order valence-corrected chi connectivity index (χ1v) is 10.2. The molecule has 2 amide bonds. The Kier molecular flexibility index (Phi) is 4.56. The molecule has 3 aromatic rings. The van der Waals surface area contributed by atoms with E-state index in [2.05, 4.69) is 23.2 Å². The number of H-pyrrole nitrogens is 1. The molecular formula is C23H24N4O3. The summed E-state index contributed by atoms with van der Waals surface area (Å²) in [5, 5.41) is 1.16. The maximum Gasteiger partial charge on any atom is 0.253 e. The quantitative estimate of drug-likeness (QED) is 0.697. The summed E-state index contributed by atoms with van der Waals surface area (Å²) in [7, 11) is 0. The molecule has 0 unspecified atom stereocenters. The number of piperazine rings is 1. The van der Waals surface area contributed by atoms with Gasteiger partial charge in [-0.25, -0.2) is 0 Å². The zero-order valence-electron chi connectivity index (χ0n) is 16.6. The Morgan fingerprint density at radius 1 is 0.900 bits per heavy atom. The number of amides is 2. The van der Waals surface area contributed by atoms with Gasteiger partial charge in [-0.3, -0.25) is 9.59 Å². The van der Waals surface area contributed by atoms with E-state index in [0.29, 0.717) is 31.7 Å². The minimum atomic E-state index is -0.884. The molecule has 30 heavy (non-hydrogen) atoms. The first kappa shape index (κ1) is 18.8. The standard InChI is InChI=1S/C23H24N4O3/c24-23(14-30-15-23)22(29)27-11-9-26(10-12-27)21(28)17-3-1-16(2-4-17)18-5-6-20-19(13-18)7-8-25-20/h1-8,13,25H,9-12,14-15,24H2. The van der Waals surface area contributed by atoms with Gasteiger partial charge in [0, 0.05) is 43.5 Å². The van der Waals surface area contributed by atoms with Crippen LogP contribution in [0.5, 0.6) is 0 Å². The van der Waals surface area contributed by atoms with Crippen molar-refractivity contribution in [1.29, 1.82) is 0 Å². The smallest absolute Gasteiger partial charge is 0.253 e. The summed E-state index contributed by atoms with van der Waals surface area (Å²) in [4.78, 5) is 32.1. The van der Waals surface area contributed by atoms with Crippen molar-refractivity contribution in [2.45, 2.75) is 5.54 Å². The van der Waals surface area contributed by atoms with E-state index in [1.165, 1.54) is 0 Å². The number of benzene rings is 2. The molecule has 5 rings (SSSR count). The molecule has 0 aliphatic carbocycles. The Morgan fingerprint density at radius 3 is 2.23 bits per heavy atom. The van der Waals surface area contributed by atoms with Gasteiger partial charge in [0.1, 0.15) is 5.54 Å². The average Bonchev–Trinajstić information content (AvgIpc) is 3.24. The lowest BCUT2D eigenvalue weighted by atomic mass is 9.96. The molecule has 7 heteroatoms. The molecular weight excluding hydrogens is 380 g/mol. The van der Waals surface area contributed by atoms with Crippen LogP contribution in [0.1, 0.15) is 10.4 Å². The summed E-state index contributed by atoms with van der Waals surface area (Å²) in [5.74, 6) is -0.0891. The van der Waals surface area contributed by atoms with Gasteiger partial charge in [0.2, 0.25) is 5.91 Å². The van der Waals surface area contributed by atoms with Crippen molar-refractivity contribution in [3.8, 4) is 11.1 Å². The van der Waals surface area contributed by atoms with E-state index in [0.717, 1.165) is 22.0 Å². The molecule has 154 valence electrons. The Morgan fingerprint density at radius 2 is 1.57 bits per heavy atom. The monoisotopic (exact) mass is 404 g/mol. The van der Waals surface area contributed by atoms with E-state index in [1.807, 2.05) is 36.5 Å². The minimum Gasteiger partial charge on any atom is -0.376 e. The zero-order chi connectivity index (χ0) is 20.7. The van der Waals surface area contributed by atoms with Gasteiger partial charge in [0.15, 0.2) is 0 Å². The van der Waals surface area contributed by atoms with Gasteiger partial charge in [-0.2, -0.15) is 0 Å². The molecule has 2 aliphatic heterocycles. The van der Waals surface area contributed by atoms with E-state index in [-0.39, 0.29) is 25.0 Å². The van der Waals surface area contributed by atoms with E-state index < -0.39 is 5.54 Å². The number of fused-ring (bicyclic) bond motifs is 1. The summed E-state index contributed by atoms with van der Waals surface area (Å²) in [5.41, 5.74) is 9.11. The molecule has 0 radical (unpaired) electrons. The Labute approximate surface area is 174 Å². The predicted molar refractivity (Wildman–Crippen MR) is 114 cm³/mol. The SMILES string of the molecule is NC1(C(=O)N2CCN(C(=O)c3ccc(-c4ccc5[nH]ccc5c4)cc3)CC2)COC1. The summed E-state index contributed by atoms with van der Waals surface area (Å²) in [6, 6.07) is 16.0. The lowest BCUT2D eigenvalue weighted by Crippen LogP contribution is -2.68. The van der Waals surface area contributed by atoms with E-state index in [1.54, 1.807) is 9.80 Å². The number of nitrogens with zero attached hydrogens (tertiary/aromatic N) is 2. The molecule has 3 N–H and O–H groups in total. The predicted octanol–water partition coefficient (Wildman–Crippen LogP) is 1.85. The molecule has 2 fully saturated rings. The second-order valence-electron chi connectivity index (χ2n) is 8.09. The van der Waals surface area contributed by atoms with Gasteiger partial charge in [-0.15, -0.1) is 0 Å². The van der Waals surface area contributed by atoms with Crippen LogP contribution in [0.3, 0.4) is 0 Å². The van der Waals surface area contributed by atoms with Crippen LogP contribution in [0, 0.1) is 0 Å². The highest BCUT2D eigenvalue weighted by Gasteiger charge is 2.45. The molecule has 2 aliphatic rings. The molecule has 0 spiro atoms. The number of aromatic nitrogens is 1. The number of nitrogens with one attached hydrogen (secondary N) is 1. The highest BCUT2D eigenvalue weighted by atomic mass is 16.5. The molecule has 2 aromatic carbocycles. The largest absolute Gasteiger partial charge is 0.376 e. The maximum atomic E-state index is 12.9. The van der Waals surface area contributed by atoms with Crippen molar-refractivity contribution >= 4 is 22.7 Å². The third kappa shape index (κ3) is 3.26. The Balaban J connectivity index is 1.24. The molecule has 0 saturated carbocycles. The van der Waals surface area contributed by atoms with Crippen molar-refractivity contribution in [1.82, 2.24) is 14.8 Å².